The highest BCUT2D eigenvalue weighted by molar-refractivity contribution is 6.16. The summed E-state index contributed by atoms with van der Waals surface area (Å²) in [7, 11) is 0. The first-order chi connectivity index (χ1) is 7.31. The van der Waals surface area contributed by atoms with E-state index in [2.05, 4.69) is 22.7 Å². The molecule has 0 aliphatic heterocycles. The van der Waals surface area contributed by atoms with Gasteiger partial charge in [0.1, 0.15) is 0 Å². The van der Waals surface area contributed by atoms with E-state index in [4.69, 9.17) is 11.6 Å². The molecule has 0 spiro atoms. The molecule has 1 saturated carbocycles. The Labute approximate surface area is 96.7 Å². The summed E-state index contributed by atoms with van der Waals surface area (Å²) < 4.78 is 2.23. The maximum Gasteiger partial charge on any atom is 0.0952 e. The van der Waals surface area contributed by atoms with Crippen molar-refractivity contribution in [3.05, 3.63) is 18.2 Å². The van der Waals surface area contributed by atoms with E-state index in [-0.39, 0.29) is 0 Å². The molecule has 0 radical (unpaired) electrons. The molecule has 2 nitrogen and oxygen atoms in total. The summed E-state index contributed by atoms with van der Waals surface area (Å²) in [5.41, 5.74) is 0.985. The number of alkyl halides is 1. The van der Waals surface area contributed by atoms with Crippen LogP contribution in [0.2, 0.25) is 0 Å². The van der Waals surface area contributed by atoms with E-state index < -0.39 is 0 Å². The fourth-order valence-corrected chi connectivity index (χ4v) is 2.67. The van der Waals surface area contributed by atoms with Gasteiger partial charge in [0.25, 0.3) is 0 Å². The number of nitrogens with zero attached hydrogens (tertiary/aromatic N) is 2. The van der Waals surface area contributed by atoms with E-state index in [9.17, 15) is 0 Å². The van der Waals surface area contributed by atoms with Crippen LogP contribution in [0.25, 0.3) is 0 Å². The predicted octanol–water partition coefficient (Wildman–Crippen LogP) is 3.76. The molecule has 1 aromatic heterocycles. The molecular formula is C12H19ClN2. The lowest BCUT2D eigenvalue weighted by Crippen LogP contribution is -2.18. The number of imidazole rings is 1. The Kier molecular flexibility index (Phi) is 3.68. The molecule has 0 N–H and O–H groups in total. The largest absolute Gasteiger partial charge is 0.334 e. The molecule has 1 heterocycles. The van der Waals surface area contributed by atoms with Crippen LogP contribution in [0.5, 0.6) is 0 Å². The van der Waals surface area contributed by atoms with Crippen LogP contribution in [0.3, 0.4) is 0 Å². The molecular weight excluding hydrogens is 208 g/mol. The third kappa shape index (κ3) is 2.54. The number of aromatic nitrogens is 2. The highest BCUT2D eigenvalue weighted by atomic mass is 35.5. The van der Waals surface area contributed by atoms with Gasteiger partial charge in [-0.1, -0.05) is 19.3 Å². The molecule has 1 fully saturated rings. The minimum Gasteiger partial charge on any atom is -0.334 e. The second-order valence-corrected chi connectivity index (χ2v) is 4.85. The van der Waals surface area contributed by atoms with Gasteiger partial charge in [0, 0.05) is 12.2 Å². The molecule has 0 amide bonds. The first-order valence-corrected chi connectivity index (χ1v) is 6.43. The fourth-order valence-electron chi connectivity index (χ4n) is 2.53. The molecule has 15 heavy (non-hydrogen) atoms. The van der Waals surface area contributed by atoms with Crippen LogP contribution < -0.4 is 0 Å². The molecule has 1 unspecified atom stereocenters. The quantitative estimate of drug-likeness (QED) is 0.718. The summed E-state index contributed by atoms with van der Waals surface area (Å²) in [6, 6.07) is 0.578. The highest BCUT2D eigenvalue weighted by Gasteiger charge is 2.21. The summed E-state index contributed by atoms with van der Waals surface area (Å²) in [5, 5.41) is 0. The van der Waals surface area contributed by atoms with Crippen molar-refractivity contribution in [2.24, 2.45) is 5.92 Å². The van der Waals surface area contributed by atoms with Crippen molar-refractivity contribution < 1.29 is 0 Å². The second kappa shape index (κ2) is 5.02. The number of rotatable bonds is 3. The van der Waals surface area contributed by atoms with Gasteiger partial charge >= 0.3 is 0 Å². The van der Waals surface area contributed by atoms with Gasteiger partial charge in [-0.3, -0.25) is 0 Å². The standard InChI is InChI=1S/C12H19ClN2/c1-10(11-5-3-2-4-6-11)15-8-12(7-13)14-9-15/h8-11H,2-7H2,1H3. The lowest BCUT2D eigenvalue weighted by Gasteiger charge is -2.28. The van der Waals surface area contributed by atoms with Crippen molar-refractivity contribution >= 4 is 11.6 Å². The summed E-state index contributed by atoms with van der Waals surface area (Å²) in [4.78, 5) is 4.28. The minimum atomic E-state index is 0.518. The van der Waals surface area contributed by atoms with E-state index >= 15 is 0 Å². The molecule has 0 saturated heterocycles. The molecule has 2 rings (SSSR count). The molecule has 1 aromatic rings. The minimum absolute atomic E-state index is 0.518. The molecule has 1 aliphatic carbocycles. The van der Waals surface area contributed by atoms with Crippen LogP contribution in [0.15, 0.2) is 12.5 Å². The van der Waals surface area contributed by atoms with Gasteiger partial charge in [0.15, 0.2) is 0 Å². The first kappa shape index (κ1) is 11.0. The zero-order valence-electron chi connectivity index (χ0n) is 9.32. The van der Waals surface area contributed by atoms with Crippen LogP contribution in [0, 0.1) is 5.92 Å². The summed E-state index contributed by atoms with van der Waals surface area (Å²) >= 11 is 5.75. The Morgan fingerprint density at radius 3 is 2.80 bits per heavy atom. The van der Waals surface area contributed by atoms with Crippen molar-refractivity contribution in [2.45, 2.75) is 50.9 Å². The SMILES string of the molecule is CC(C1CCCCC1)n1cnc(CCl)c1. The topological polar surface area (TPSA) is 17.8 Å². The smallest absolute Gasteiger partial charge is 0.0952 e. The lowest BCUT2D eigenvalue weighted by molar-refractivity contribution is 0.264. The highest BCUT2D eigenvalue weighted by Crippen LogP contribution is 2.32. The van der Waals surface area contributed by atoms with Gasteiger partial charge in [-0.05, 0) is 25.7 Å². The van der Waals surface area contributed by atoms with E-state index in [1.165, 1.54) is 32.1 Å². The van der Waals surface area contributed by atoms with Crippen LogP contribution in [-0.4, -0.2) is 9.55 Å². The molecule has 1 atom stereocenters. The van der Waals surface area contributed by atoms with Crippen LogP contribution >= 0.6 is 11.6 Å². The lowest BCUT2D eigenvalue weighted by atomic mass is 9.84. The maximum atomic E-state index is 5.75. The van der Waals surface area contributed by atoms with Gasteiger partial charge in [0.05, 0.1) is 17.9 Å². The zero-order valence-corrected chi connectivity index (χ0v) is 10.1. The van der Waals surface area contributed by atoms with Crippen molar-refractivity contribution in [2.75, 3.05) is 0 Å². The van der Waals surface area contributed by atoms with Crippen LogP contribution in [0.4, 0.5) is 0 Å². The van der Waals surface area contributed by atoms with E-state index in [1.54, 1.807) is 0 Å². The normalized spacial score (nSPS) is 20.4. The average Bonchev–Trinajstić information content (AvgIpc) is 2.78. The van der Waals surface area contributed by atoms with Crippen molar-refractivity contribution in [1.29, 1.82) is 0 Å². The summed E-state index contributed by atoms with van der Waals surface area (Å²) in [6.45, 7) is 2.30. The van der Waals surface area contributed by atoms with Crippen LogP contribution in [-0.2, 0) is 5.88 Å². The number of halogens is 1. The third-order valence-electron chi connectivity index (χ3n) is 3.59. The number of hydrogen-bond acceptors (Lipinski definition) is 1. The Morgan fingerprint density at radius 1 is 1.47 bits per heavy atom. The fraction of sp³-hybridized carbons (Fsp3) is 0.750. The maximum absolute atomic E-state index is 5.75. The van der Waals surface area contributed by atoms with Crippen molar-refractivity contribution in [3.63, 3.8) is 0 Å². The van der Waals surface area contributed by atoms with Gasteiger partial charge in [-0.25, -0.2) is 4.98 Å². The summed E-state index contributed by atoms with van der Waals surface area (Å²) in [6.07, 6.45) is 11.0. The molecule has 0 bridgehead atoms. The van der Waals surface area contributed by atoms with E-state index in [1.807, 2.05) is 6.33 Å². The molecule has 1 aliphatic rings. The first-order valence-electron chi connectivity index (χ1n) is 5.89. The van der Waals surface area contributed by atoms with Crippen LogP contribution in [0.1, 0.15) is 50.8 Å². The summed E-state index contributed by atoms with van der Waals surface area (Å²) in [5.74, 6) is 1.35. The molecule has 0 aromatic carbocycles. The van der Waals surface area contributed by atoms with Crippen molar-refractivity contribution in [3.8, 4) is 0 Å². The predicted molar refractivity (Wildman–Crippen MR) is 63.1 cm³/mol. The number of hydrogen-bond donors (Lipinski definition) is 0. The molecule has 84 valence electrons. The van der Waals surface area contributed by atoms with Gasteiger partial charge in [0.2, 0.25) is 0 Å². The van der Waals surface area contributed by atoms with E-state index in [0.29, 0.717) is 11.9 Å². The monoisotopic (exact) mass is 226 g/mol. The van der Waals surface area contributed by atoms with Crippen molar-refractivity contribution in [1.82, 2.24) is 9.55 Å². The Hall–Kier alpha value is -0.500. The molecule has 3 heteroatoms. The Morgan fingerprint density at radius 2 is 2.20 bits per heavy atom. The average molecular weight is 227 g/mol. The zero-order chi connectivity index (χ0) is 10.7. The van der Waals surface area contributed by atoms with Gasteiger partial charge in [-0.15, -0.1) is 11.6 Å². The van der Waals surface area contributed by atoms with Gasteiger partial charge in [-0.2, -0.15) is 0 Å². The second-order valence-electron chi connectivity index (χ2n) is 4.58. The van der Waals surface area contributed by atoms with Gasteiger partial charge < -0.3 is 4.57 Å². The third-order valence-corrected chi connectivity index (χ3v) is 3.87. The Bertz CT molecular complexity index is 302. The Balaban J connectivity index is 2.02. The van der Waals surface area contributed by atoms with E-state index in [0.717, 1.165) is 11.6 Å².